The number of quaternary nitrogens is 1. The molecule has 1 aromatic carbocycles. The van der Waals surface area contributed by atoms with Crippen molar-refractivity contribution in [2.24, 2.45) is 0 Å². The maximum atomic E-state index is 12.0. The van der Waals surface area contributed by atoms with Gasteiger partial charge in [0, 0.05) is 23.9 Å². The summed E-state index contributed by atoms with van der Waals surface area (Å²) in [6.45, 7) is 2.19. The van der Waals surface area contributed by atoms with Crippen molar-refractivity contribution in [1.82, 2.24) is 9.55 Å². The van der Waals surface area contributed by atoms with Crippen LogP contribution < -0.4 is 11.0 Å². The molecule has 90 valence electrons. The first kappa shape index (κ1) is 10.9. The first-order valence-corrected chi connectivity index (χ1v) is 6.35. The molecule has 1 fully saturated rings. The average Bonchev–Trinajstić information content (AvgIpc) is 2.65. The molecule has 0 atom stereocenters. The van der Waals surface area contributed by atoms with Gasteiger partial charge in [0.05, 0.1) is 24.1 Å². The van der Waals surface area contributed by atoms with Gasteiger partial charge in [0.2, 0.25) is 0 Å². The molecule has 0 radical (unpaired) electrons. The molecular formula is C12H15ClN3O+. The van der Waals surface area contributed by atoms with Crippen LogP contribution >= 0.6 is 11.6 Å². The number of nitrogens with zero attached hydrogens (tertiary/aromatic N) is 1. The maximum absolute atomic E-state index is 12.0. The molecule has 3 rings (SSSR count). The van der Waals surface area contributed by atoms with Crippen LogP contribution in [0.25, 0.3) is 11.0 Å². The fourth-order valence-electron chi connectivity index (χ4n) is 2.63. The minimum Gasteiger partial charge on any atom is -0.346 e. The van der Waals surface area contributed by atoms with Gasteiger partial charge in [0.25, 0.3) is 0 Å². The summed E-state index contributed by atoms with van der Waals surface area (Å²) in [5.41, 5.74) is 1.78. The number of hydrogen-bond donors (Lipinski definition) is 2. The third-order valence-electron chi connectivity index (χ3n) is 3.45. The summed E-state index contributed by atoms with van der Waals surface area (Å²) in [6, 6.07) is 5.89. The minimum absolute atomic E-state index is 0.0193. The molecule has 1 saturated heterocycles. The highest BCUT2D eigenvalue weighted by Crippen LogP contribution is 2.22. The number of fused-ring (bicyclic) bond motifs is 1. The molecule has 0 spiro atoms. The third kappa shape index (κ3) is 1.87. The first-order chi connectivity index (χ1) is 8.25. The fourth-order valence-corrected chi connectivity index (χ4v) is 2.81. The first-order valence-electron chi connectivity index (χ1n) is 5.97. The van der Waals surface area contributed by atoms with Crippen LogP contribution in [0.15, 0.2) is 23.0 Å². The van der Waals surface area contributed by atoms with Gasteiger partial charge in [-0.15, -0.1) is 0 Å². The van der Waals surface area contributed by atoms with Crippen LogP contribution in [0.5, 0.6) is 0 Å². The summed E-state index contributed by atoms with van der Waals surface area (Å²) in [7, 11) is 0. The highest BCUT2D eigenvalue weighted by molar-refractivity contribution is 6.31. The van der Waals surface area contributed by atoms with Gasteiger partial charge in [-0.2, -0.15) is 0 Å². The topological polar surface area (TPSA) is 54.4 Å². The number of rotatable bonds is 1. The van der Waals surface area contributed by atoms with E-state index in [9.17, 15) is 4.79 Å². The van der Waals surface area contributed by atoms with E-state index in [4.69, 9.17) is 11.6 Å². The van der Waals surface area contributed by atoms with E-state index >= 15 is 0 Å². The number of aromatic nitrogens is 2. The number of aromatic amines is 1. The van der Waals surface area contributed by atoms with Crippen LogP contribution in [-0.2, 0) is 0 Å². The molecule has 0 unspecified atom stereocenters. The largest absolute Gasteiger partial charge is 0.346 e. The van der Waals surface area contributed by atoms with Gasteiger partial charge in [-0.3, -0.25) is 4.57 Å². The smallest absolute Gasteiger partial charge is 0.326 e. The fraction of sp³-hybridized carbons (Fsp3) is 0.417. The number of nitrogens with one attached hydrogen (secondary N) is 1. The molecule has 4 nitrogen and oxygen atoms in total. The third-order valence-corrected chi connectivity index (χ3v) is 3.69. The number of halogens is 1. The Hall–Kier alpha value is -1.26. The Balaban J connectivity index is 2.14. The summed E-state index contributed by atoms with van der Waals surface area (Å²) in [5, 5.41) is 2.95. The van der Waals surface area contributed by atoms with Crippen molar-refractivity contribution in [3.63, 3.8) is 0 Å². The molecule has 0 amide bonds. The van der Waals surface area contributed by atoms with E-state index in [1.165, 1.54) is 0 Å². The summed E-state index contributed by atoms with van der Waals surface area (Å²) in [5.74, 6) is 0. The standard InChI is InChI=1S/C12H14ClN3O/c13-8-1-2-11-10(7-8)15-12(17)16(11)9-3-5-14-6-4-9/h1-2,7,9,14H,3-6H2,(H,15,17)/p+1. The number of benzene rings is 1. The normalized spacial score (nSPS) is 17.7. The predicted octanol–water partition coefficient (Wildman–Crippen LogP) is 0.881. The van der Waals surface area contributed by atoms with Crippen LogP contribution in [0.4, 0.5) is 0 Å². The van der Waals surface area contributed by atoms with Gasteiger partial charge < -0.3 is 10.3 Å². The van der Waals surface area contributed by atoms with Crippen molar-refractivity contribution in [3.05, 3.63) is 33.7 Å². The van der Waals surface area contributed by atoms with Gasteiger partial charge in [-0.25, -0.2) is 4.79 Å². The number of piperidine rings is 1. The molecule has 0 saturated carbocycles. The van der Waals surface area contributed by atoms with Crippen molar-refractivity contribution < 1.29 is 5.32 Å². The Kier molecular flexibility index (Phi) is 2.68. The van der Waals surface area contributed by atoms with Gasteiger partial charge in [0.15, 0.2) is 0 Å². The number of imidazole rings is 1. The Morgan fingerprint density at radius 3 is 2.88 bits per heavy atom. The Labute approximate surface area is 104 Å². The quantitative estimate of drug-likeness (QED) is 0.778. The molecular weight excluding hydrogens is 238 g/mol. The lowest BCUT2D eigenvalue weighted by Crippen LogP contribution is -2.86. The van der Waals surface area contributed by atoms with E-state index in [0.29, 0.717) is 11.1 Å². The summed E-state index contributed by atoms with van der Waals surface area (Å²) in [4.78, 5) is 14.9. The molecule has 0 aliphatic carbocycles. The second-order valence-corrected chi connectivity index (χ2v) is 5.00. The molecule has 17 heavy (non-hydrogen) atoms. The van der Waals surface area contributed by atoms with E-state index in [1.54, 1.807) is 0 Å². The number of nitrogens with two attached hydrogens (primary N) is 1. The lowest BCUT2D eigenvalue weighted by Gasteiger charge is -2.21. The number of H-pyrrole nitrogens is 1. The molecule has 0 bridgehead atoms. The predicted molar refractivity (Wildman–Crippen MR) is 67.5 cm³/mol. The average molecular weight is 253 g/mol. The summed E-state index contributed by atoms with van der Waals surface area (Å²) < 4.78 is 1.89. The van der Waals surface area contributed by atoms with Crippen molar-refractivity contribution >= 4 is 22.6 Å². The van der Waals surface area contributed by atoms with Crippen LogP contribution in [0, 0.1) is 0 Å². The van der Waals surface area contributed by atoms with E-state index in [-0.39, 0.29) is 5.69 Å². The van der Waals surface area contributed by atoms with Crippen molar-refractivity contribution in [2.45, 2.75) is 18.9 Å². The van der Waals surface area contributed by atoms with Crippen LogP contribution in [0.1, 0.15) is 18.9 Å². The van der Waals surface area contributed by atoms with E-state index in [1.807, 2.05) is 22.8 Å². The van der Waals surface area contributed by atoms with Crippen LogP contribution in [-0.4, -0.2) is 22.6 Å². The maximum Gasteiger partial charge on any atom is 0.326 e. The van der Waals surface area contributed by atoms with Crippen molar-refractivity contribution in [2.75, 3.05) is 13.1 Å². The van der Waals surface area contributed by atoms with E-state index < -0.39 is 0 Å². The summed E-state index contributed by atoms with van der Waals surface area (Å²) in [6.07, 6.45) is 2.10. The van der Waals surface area contributed by atoms with E-state index in [0.717, 1.165) is 37.0 Å². The van der Waals surface area contributed by atoms with Gasteiger partial charge in [-0.05, 0) is 18.2 Å². The molecule has 1 aliphatic rings. The molecule has 2 aromatic rings. The van der Waals surface area contributed by atoms with Gasteiger partial charge in [0.1, 0.15) is 0 Å². The molecule has 5 heteroatoms. The number of hydrogen-bond acceptors (Lipinski definition) is 1. The van der Waals surface area contributed by atoms with E-state index in [2.05, 4.69) is 10.3 Å². The van der Waals surface area contributed by atoms with Crippen LogP contribution in [0.3, 0.4) is 0 Å². The Morgan fingerprint density at radius 1 is 1.35 bits per heavy atom. The van der Waals surface area contributed by atoms with Gasteiger partial charge >= 0.3 is 5.69 Å². The molecule has 2 heterocycles. The zero-order valence-corrected chi connectivity index (χ0v) is 10.2. The van der Waals surface area contributed by atoms with Crippen LogP contribution in [0.2, 0.25) is 5.02 Å². The second kappa shape index (κ2) is 4.20. The Bertz CT molecular complexity index is 595. The lowest BCUT2D eigenvalue weighted by molar-refractivity contribution is -0.664. The lowest BCUT2D eigenvalue weighted by atomic mass is 10.1. The van der Waals surface area contributed by atoms with Crippen molar-refractivity contribution in [1.29, 1.82) is 0 Å². The Morgan fingerprint density at radius 2 is 2.12 bits per heavy atom. The van der Waals surface area contributed by atoms with Gasteiger partial charge in [-0.1, -0.05) is 11.6 Å². The minimum atomic E-state index is -0.0193. The molecule has 1 aromatic heterocycles. The zero-order valence-electron chi connectivity index (χ0n) is 9.45. The highest BCUT2D eigenvalue weighted by Gasteiger charge is 2.21. The molecule has 3 N–H and O–H groups in total. The highest BCUT2D eigenvalue weighted by atomic mass is 35.5. The second-order valence-electron chi connectivity index (χ2n) is 4.56. The van der Waals surface area contributed by atoms with Crippen molar-refractivity contribution in [3.8, 4) is 0 Å². The zero-order chi connectivity index (χ0) is 11.8. The molecule has 1 aliphatic heterocycles. The summed E-state index contributed by atoms with van der Waals surface area (Å²) >= 11 is 5.93. The SMILES string of the molecule is O=c1[nH]c2cc(Cl)ccc2n1C1CC[NH2+]CC1. The monoisotopic (exact) mass is 252 g/mol.